The lowest BCUT2D eigenvalue weighted by Crippen LogP contribution is -2.43. The molecule has 6 heteroatoms. The zero-order valence-corrected chi connectivity index (χ0v) is 16.7. The van der Waals surface area contributed by atoms with E-state index < -0.39 is 0 Å². The highest BCUT2D eigenvalue weighted by atomic mass is 16.5. The van der Waals surface area contributed by atoms with E-state index in [4.69, 9.17) is 4.52 Å². The summed E-state index contributed by atoms with van der Waals surface area (Å²) >= 11 is 0. The quantitative estimate of drug-likeness (QED) is 0.632. The number of anilines is 1. The number of aromatic nitrogens is 2. The number of urea groups is 1. The zero-order valence-electron chi connectivity index (χ0n) is 16.7. The Labute approximate surface area is 170 Å². The molecule has 0 spiro atoms. The predicted octanol–water partition coefficient (Wildman–Crippen LogP) is 5.41. The summed E-state index contributed by atoms with van der Waals surface area (Å²) < 4.78 is 5.48. The highest BCUT2D eigenvalue weighted by Crippen LogP contribution is 2.26. The maximum Gasteiger partial charge on any atom is 0.322 e. The van der Waals surface area contributed by atoms with Crippen LogP contribution in [0.1, 0.15) is 43.6 Å². The number of hydrogen-bond donors (Lipinski definition) is 1. The second-order valence-electron chi connectivity index (χ2n) is 7.54. The average Bonchev–Trinajstić information content (AvgIpc) is 3.24. The smallest absolute Gasteiger partial charge is 0.322 e. The van der Waals surface area contributed by atoms with Crippen LogP contribution < -0.4 is 5.32 Å². The van der Waals surface area contributed by atoms with Crippen molar-refractivity contribution in [3.05, 3.63) is 66.1 Å². The minimum Gasteiger partial charge on any atom is -0.337 e. The number of aryl methyl sites for hydroxylation is 1. The minimum absolute atomic E-state index is 0.120. The van der Waals surface area contributed by atoms with Crippen molar-refractivity contribution in [2.75, 3.05) is 5.32 Å². The van der Waals surface area contributed by atoms with E-state index in [9.17, 15) is 4.79 Å². The van der Waals surface area contributed by atoms with Crippen LogP contribution in [0.5, 0.6) is 0 Å². The number of rotatable bonds is 5. The first-order chi connectivity index (χ1) is 14.2. The van der Waals surface area contributed by atoms with Crippen molar-refractivity contribution in [1.82, 2.24) is 15.0 Å². The molecule has 1 saturated carbocycles. The number of carbonyl (C=O) groups is 1. The van der Waals surface area contributed by atoms with Crippen LogP contribution in [0.4, 0.5) is 10.5 Å². The van der Waals surface area contributed by atoms with E-state index in [0.717, 1.165) is 42.5 Å². The molecule has 1 aliphatic carbocycles. The molecule has 3 aromatic rings. The molecule has 0 radical (unpaired) electrons. The third-order valence-corrected chi connectivity index (χ3v) is 5.47. The number of benzene rings is 2. The fourth-order valence-corrected chi connectivity index (χ4v) is 3.83. The Balaban J connectivity index is 1.54. The van der Waals surface area contributed by atoms with Crippen LogP contribution >= 0.6 is 0 Å². The zero-order chi connectivity index (χ0) is 20.1. The summed E-state index contributed by atoms with van der Waals surface area (Å²) in [4.78, 5) is 19.5. The van der Waals surface area contributed by atoms with Crippen molar-refractivity contribution in [3.63, 3.8) is 0 Å². The van der Waals surface area contributed by atoms with Gasteiger partial charge in [-0.25, -0.2) is 4.79 Å². The number of para-hydroxylation sites is 1. The Hall–Kier alpha value is -3.15. The molecule has 150 valence electrons. The third-order valence-electron chi connectivity index (χ3n) is 5.47. The van der Waals surface area contributed by atoms with Gasteiger partial charge in [0.2, 0.25) is 11.7 Å². The Morgan fingerprint density at radius 3 is 2.55 bits per heavy atom. The Morgan fingerprint density at radius 2 is 1.79 bits per heavy atom. The van der Waals surface area contributed by atoms with Crippen molar-refractivity contribution < 1.29 is 9.32 Å². The molecule has 1 fully saturated rings. The van der Waals surface area contributed by atoms with Crippen LogP contribution in [0.25, 0.3) is 11.4 Å². The van der Waals surface area contributed by atoms with Gasteiger partial charge >= 0.3 is 6.03 Å². The van der Waals surface area contributed by atoms with Crippen molar-refractivity contribution >= 4 is 11.7 Å². The lowest BCUT2D eigenvalue weighted by molar-refractivity contribution is 0.151. The molecule has 0 bridgehead atoms. The van der Waals surface area contributed by atoms with Crippen molar-refractivity contribution in [2.45, 2.75) is 51.6 Å². The van der Waals surface area contributed by atoms with Gasteiger partial charge in [-0.2, -0.15) is 4.98 Å². The molecule has 0 saturated heterocycles. The molecular weight excluding hydrogens is 364 g/mol. The molecule has 6 nitrogen and oxygen atoms in total. The van der Waals surface area contributed by atoms with E-state index in [1.54, 1.807) is 0 Å². The highest BCUT2D eigenvalue weighted by molar-refractivity contribution is 5.90. The number of nitrogens with one attached hydrogen (secondary N) is 1. The summed E-state index contributed by atoms with van der Waals surface area (Å²) in [5.41, 5.74) is 2.76. The van der Waals surface area contributed by atoms with Crippen LogP contribution in [0.15, 0.2) is 59.1 Å². The van der Waals surface area contributed by atoms with E-state index in [0.29, 0.717) is 18.3 Å². The van der Waals surface area contributed by atoms with Crippen LogP contribution in [-0.4, -0.2) is 27.1 Å². The summed E-state index contributed by atoms with van der Waals surface area (Å²) in [6.45, 7) is 2.30. The summed E-state index contributed by atoms with van der Waals surface area (Å²) in [6.07, 6.45) is 5.50. The normalized spacial score (nSPS) is 14.5. The number of amides is 2. The second kappa shape index (κ2) is 8.90. The molecule has 4 rings (SSSR count). The van der Waals surface area contributed by atoms with Crippen LogP contribution in [0, 0.1) is 6.92 Å². The first-order valence-corrected chi connectivity index (χ1v) is 10.2. The van der Waals surface area contributed by atoms with Gasteiger partial charge in [0.15, 0.2) is 0 Å². The molecule has 0 atom stereocenters. The van der Waals surface area contributed by atoms with Gasteiger partial charge < -0.3 is 14.7 Å². The van der Waals surface area contributed by atoms with Gasteiger partial charge in [0.05, 0.1) is 0 Å². The topological polar surface area (TPSA) is 71.3 Å². The Bertz CT molecular complexity index is 948. The lowest BCUT2D eigenvalue weighted by atomic mass is 9.94. The number of carbonyl (C=O) groups excluding carboxylic acids is 1. The molecule has 0 aliphatic heterocycles. The first-order valence-electron chi connectivity index (χ1n) is 10.2. The lowest BCUT2D eigenvalue weighted by Gasteiger charge is -2.33. The molecule has 1 aliphatic rings. The van der Waals surface area contributed by atoms with Gasteiger partial charge in [-0.3, -0.25) is 0 Å². The van der Waals surface area contributed by atoms with Gasteiger partial charge in [0, 0.05) is 17.3 Å². The standard InChI is InChI=1S/C23H26N4O2/c1-17-10-8-9-15-20(17)24-23(28)27(19-13-6-3-7-14-19)16-21-25-22(26-29-21)18-11-4-2-5-12-18/h2,4-5,8-12,15,19H,3,6-7,13-14,16H2,1H3,(H,24,28). The molecule has 2 amide bonds. The Kier molecular flexibility index (Phi) is 5.89. The van der Waals surface area contributed by atoms with Gasteiger partial charge in [-0.1, -0.05) is 73.0 Å². The van der Waals surface area contributed by atoms with Crippen LogP contribution in [0.2, 0.25) is 0 Å². The second-order valence-corrected chi connectivity index (χ2v) is 7.54. The third kappa shape index (κ3) is 4.65. The molecule has 0 unspecified atom stereocenters. The fraction of sp³-hybridized carbons (Fsp3) is 0.348. The SMILES string of the molecule is Cc1ccccc1NC(=O)N(Cc1nc(-c2ccccc2)no1)C1CCCCC1. The highest BCUT2D eigenvalue weighted by Gasteiger charge is 2.28. The molecule has 29 heavy (non-hydrogen) atoms. The fourth-order valence-electron chi connectivity index (χ4n) is 3.83. The van der Waals surface area contributed by atoms with E-state index in [-0.39, 0.29) is 12.1 Å². The van der Waals surface area contributed by atoms with Crippen molar-refractivity contribution in [2.24, 2.45) is 0 Å². The molecule has 2 aromatic carbocycles. The molecule has 1 heterocycles. The first kappa shape index (κ1) is 19.2. The van der Waals surface area contributed by atoms with E-state index in [1.807, 2.05) is 66.4 Å². The molecule has 1 aromatic heterocycles. The predicted molar refractivity (Wildman–Crippen MR) is 112 cm³/mol. The van der Waals surface area contributed by atoms with E-state index in [1.165, 1.54) is 6.42 Å². The van der Waals surface area contributed by atoms with Crippen molar-refractivity contribution in [3.8, 4) is 11.4 Å². The average molecular weight is 390 g/mol. The summed E-state index contributed by atoms with van der Waals surface area (Å²) in [5.74, 6) is 0.998. The van der Waals surface area contributed by atoms with E-state index in [2.05, 4.69) is 15.5 Å². The monoisotopic (exact) mass is 390 g/mol. The maximum absolute atomic E-state index is 13.2. The van der Waals surface area contributed by atoms with E-state index >= 15 is 0 Å². The summed E-state index contributed by atoms with van der Waals surface area (Å²) in [7, 11) is 0. The Morgan fingerprint density at radius 1 is 1.07 bits per heavy atom. The van der Waals surface area contributed by atoms with Gasteiger partial charge in [0.1, 0.15) is 6.54 Å². The number of hydrogen-bond acceptors (Lipinski definition) is 4. The van der Waals surface area contributed by atoms with Gasteiger partial charge in [-0.15, -0.1) is 0 Å². The minimum atomic E-state index is -0.120. The summed E-state index contributed by atoms with van der Waals surface area (Å²) in [6, 6.07) is 17.6. The molecular formula is C23H26N4O2. The van der Waals surface area contributed by atoms with Crippen molar-refractivity contribution in [1.29, 1.82) is 0 Å². The van der Waals surface area contributed by atoms with Crippen LogP contribution in [-0.2, 0) is 6.54 Å². The van der Waals surface area contributed by atoms with Gasteiger partial charge in [-0.05, 0) is 31.4 Å². The molecule has 1 N–H and O–H groups in total. The van der Waals surface area contributed by atoms with Gasteiger partial charge in [0.25, 0.3) is 0 Å². The van der Waals surface area contributed by atoms with Crippen LogP contribution in [0.3, 0.4) is 0 Å². The summed E-state index contributed by atoms with van der Waals surface area (Å²) in [5, 5.41) is 7.16. The number of nitrogens with zero attached hydrogens (tertiary/aromatic N) is 3. The largest absolute Gasteiger partial charge is 0.337 e. The maximum atomic E-state index is 13.2.